The first-order valence-electron chi connectivity index (χ1n) is 3.64. The van der Waals surface area contributed by atoms with Crippen LogP contribution in [0, 0.1) is 16.2 Å². The Morgan fingerprint density at radius 2 is 2.54 bits per heavy atom. The molecule has 0 aliphatic heterocycles. The smallest absolute Gasteiger partial charge is 0.311 e. The second-order valence-electron chi connectivity index (χ2n) is 2.25. The summed E-state index contributed by atoms with van der Waals surface area (Å²) >= 11 is 0. The van der Waals surface area contributed by atoms with Crippen molar-refractivity contribution >= 4 is 5.69 Å². The summed E-state index contributed by atoms with van der Waals surface area (Å²) in [6, 6.07) is 6.95. The van der Waals surface area contributed by atoms with E-state index in [-0.39, 0.29) is 18.0 Å². The Morgan fingerprint density at radius 3 is 3.15 bits per heavy atom. The highest BCUT2D eigenvalue weighted by Gasteiger charge is 2.12. The molecule has 4 nitrogen and oxygen atoms in total. The minimum absolute atomic E-state index is 0.0793. The Labute approximate surface area is 75.6 Å². The number of hydrogen-bond acceptors (Lipinski definition) is 3. The summed E-state index contributed by atoms with van der Waals surface area (Å²) < 4.78 is 5.07. The Balaban J connectivity index is 2.90. The van der Waals surface area contributed by atoms with Gasteiger partial charge in [-0.2, -0.15) is 0 Å². The molecular weight excluding hydrogens is 170 g/mol. The Hall–Kier alpha value is -1.84. The van der Waals surface area contributed by atoms with Gasteiger partial charge >= 0.3 is 5.69 Å². The summed E-state index contributed by atoms with van der Waals surface area (Å²) in [5.74, 6) is 0.239. The van der Waals surface area contributed by atoms with Gasteiger partial charge in [-0.3, -0.25) is 10.1 Å². The topological polar surface area (TPSA) is 52.4 Å². The second-order valence-corrected chi connectivity index (χ2v) is 2.25. The lowest BCUT2D eigenvalue weighted by atomic mass is 10.3. The van der Waals surface area contributed by atoms with Crippen molar-refractivity contribution < 1.29 is 9.66 Å². The molecule has 0 N–H and O–H groups in total. The molecule has 0 amide bonds. The molecule has 0 spiro atoms. The lowest BCUT2D eigenvalue weighted by Crippen LogP contribution is -1.97. The molecule has 0 atom stereocenters. The molecule has 1 rings (SSSR count). The monoisotopic (exact) mass is 178 g/mol. The summed E-state index contributed by atoms with van der Waals surface area (Å²) in [6.45, 7) is 3.70. The quantitative estimate of drug-likeness (QED) is 0.402. The minimum atomic E-state index is -0.505. The van der Waals surface area contributed by atoms with E-state index in [2.05, 4.69) is 12.6 Å². The summed E-state index contributed by atoms with van der Waals surface area (Å²) in [5.41, 5.74) is -0.0793. The van der Waals surface area contributed by atoms with Gasteiger partial charge < -0.3 is 4.74 Å². The van der Waals surface area contributed by atoms with Crippen molar-refractivity contribution in [2.24, 2.45) is 0 Å². The fourth-order valence-corrected chi connectivity index (χ4v) is 0.821. The van der Waals surface area contributed by atoms with Crippen molar-refractivity contribution in [3.05, 3.63) is 47.0 Å². The molecule has 0 heterocycles. The molecule has 0 fully saturated rings. The van der Waals surface area contributed by atoms with Gasteiger partial charge in [0.1, 0.15) is 6.61 Å². The Morgan fingerprint density at radius 1 is 1.77 bits per heavy atom. The van der Waals surface area contributed by atoms with Gasteiger partial charge in [0.2, 0.25) is 0 Å². The van der Waals surface area contributed by atoms with E-state index in [0.717, 1.165) is 0 Å². The fraction of sp³-hybridized carbons (Fsp3) is 0.111. The zero-order valence-corrected chi connectivity index (χ0v) is 6.90. The van der Waals surface area contributed by atoms with Crippen LogP contribution in [-0.4, -0.2) is 11.5 Å². The largest absolute Gasteiger partial charge is 0.483 e. The van der Waals surface area contributed by atoms with Crippen LogP contribution in [0.3, 0.4) is 0 Å². The van der Waals surface area contributed by atoms with Crippen LogP contribution in [0.15, 0.2) is 30.9 Å². The van der Waals surface area contributed by atoms with Gasteiger partial charge in [0.25, 0.3) is 0 Å². The molecule has 0 unspecified atom stereocenters. The van der Waals surface area contributed by atoms with Gasteiger partial charge in [0.05, 0.1) is 4.92 Å². The number of hydrogen-bond donors (Lipinski definition) is 0. The normalized spacial score (nSPS) is 9.23. The molecule has 0 saturated carbocycles. The van der Waals surface area contributed by atoms with E-state index in [1.54, 1.807) is 6.07 Å². The maximum absolute atomic E-state index is 10.5. The lowest BCUT2D eigenvalue weighted by molar-refractivity contribution is -0.385. The zero-order chi connectivity index (χ0) is 9.68. The van der Waals surface area contributed by atoms with Crippen molar-refractivity contribution in [3.63, 3.8) is 0 Å². The molecule has 1 aromatic carbocycles. The number of benzene rings is 1. The minimum Gasteiger partial charge on any atom is -0.483 e. The average molecular weight is 178 g/mol. The van der Waals surface area contributed by atoms with Gasteiger partial charge in [-0.05, 0) is 12.1 Å². The van der Waals surface area contributed by atoms with Crippen molar-refractivity contribution in [1.29, 1.82) is 0 Å². The third-order valence-corrected chi connectivity index (χ3v) is 1.36. The zero-order valence-electron chi connectivity index (χ0n) is 6.90. The van der Waals surface area contributed by atoms with Crippen LogP contribution in [-0.2, 0) is 0 Å². The molecule has 0 aliphatic carbocycles. The van der Waals surface area contributed by atoms with Crippen molar-refractivity contribution in [1.82, 2.24) is 0 Å². The third kappa shape index (κ3) is 2.30. The standard InChI is InChI=1S/C9H8NO3/c1-2-7-13-9-6-4-3-5-8(9)10(11)12/h2,4-6H,1,7H2. The highest BCUT2D eigenvalue weighted by molar-refractivity contribution is 5.45. The molecule has 0 aliphatic rings. The highest BCUT2D eigenvalue weighted by Crippen LogP contribution is 2.25. The van der Waals surface area contributed by atoms with Gasteiger partial charge in [-0.15, -0.1) is 0 Å². The van der Waals surface area contributed by atoms with Crippen LogP contribution >= 0.6 is 0 Å². The first-order chi connectivity index (χ1) is 6.25. The SMILES string of the molecule is C=CCOc1cc[c]cc1[N+](=O)[O-]. The number of nitro groups is 1. The van der Waals surface area contributed by atoms with Crippen molar-refractivity contribution in [3.8, 4) is 5.75 Å². The van der Waals surface area contributed by atoms with Crippen LogP contribution in [0.1, 0.15) is 0 Å². The van der Waals surface area contributed by atoms with Crippen LogP contribution in [0.2, 0.25) is 0 Å². The summed E-state index contributed by atoms with van der Waals surface area (Å²) in [7, 11) is 0. The van der Waals surface area contributed by atoms with Crippen molar-refractivity contribution in [2.45, 2.75) is 0 Å². The molecular formula is C9H8NO3. The van der Waals surface area contributed by atoms with E-state index in [1.807, 2.05) is 0 Å². The number of nitrogens with zero attached hydrogens (tertiary/aromatic N) is 1. The first-order valence-corrected chi connectivity index (χ1v) is 3.64. The van der Waals surface area contributed by atoms with E-state index in [0.29, 0.717) is 0 Å². The van der Waals surface area contributed by atoms with Crippen LogP contribution in [0.5, 0.6) is 5.75 Å². The van der Waals surface area contributed by atoms with Gasteiger partial charge in [0, 0.05) is 6.07 Å². The lowest BCUT2D eigenvalue weighted by Gasteiger charge is -2.02. The fourth-order valence-electron chi connectivity index (χ4n) is 0.821. The van der Waals surface area contributed by atoms with Crippen LogP contribution in [0.4, 0.5) is 5.69 Å². The first kappa shape index (κ1) is 9.25. The summed E-state index contributed by atoms with van der Waals surface area (Å²) in [4.78, 5) is 9.96. The Kier molecular flexibility index (Phi) is 3.03. The summed E-state index contributed by atoms with van der Waals surface area (Å²) in [5, 5.41) is 10.5. The predicted molar refractivity (Wildman–Crippen MR) is 47.6 cm³/mol. The molecule has 4 heteroatoms. The molecule has 0 aromatic heterocycles. The van der Waals surface area contributed by atoms with E-state index < -0.39 is 4.92 Å². The highest BCUT2D eigenvalue weighted by atomic mass is 16.6. The molecule has 1 radical (unpaired) electrons. The van der Waals surface area contributed by atoms with Gasteiger partial charge in [0.15, 0.2) is 5.75 Å². The maximum Gasteiger partial charge on any atom is 0.311 e. The molecule has 13 heavy (non-hydrogen) atoms. The second kappa shape index (κ2) is 4.25. The van der Waals surface area contributed by atoms with E-state index in [4.69, 9.17) is 4.74 Å². The number of rotatable bonds is 4. The molecule has 1 aromatic rings. The Bertz CT molecular complexity index is 322. The van der Waals surface area contributed by atoms with E-state index in [9.17, 15) is 10.1 Å². The number of ether oxygens (including phenoxy) is 1. The number of nitro benzene ring substituents is 1. The molecule has 67 valence electrons. The van der Waals surface area contributed by atoms with Crippen molar-refractivity contribution in [2.75, 3.05) is 6.61 Å². The summed E-state index contributed by atoms with van der Waals surface area (Å²) in [6.07, 6.45) is 1.53. The van der Waals surface area contributed by atoms with Gasteiger partial charge in [-0.1, -0.05) is 18.7 Å². The van der Waals surface area contributed by atoms with Gasteiger partial charge in [-0.25, -0.2) is 0 Å². The van der Waals surface area contributed by atoms with Crippen LogP contribution in [0.25, 0.3) is 0 Å². The average Bonchev–Trinajstić information content (AvgIpc) is 2.15. The third-order valence-electron chi connectivity index (χ3n) is 1.36. The molecule has 0 saturated heterocycles. The molecule has 0 bridgehead atoms. The van der Waals surface area contributed by atoms with E-state index in [1.165, 1.54) is 18.2 Å². The van der Waals surface area contributed by atoms with Crippen LogP contribution < -0.4 is 4.74 Å². The van der Waals surface area contributed by atoms with E-state index >= 15 is 0 Å². The predicted octanol–water partition coefficient (Wildman–Crippen LogP) is 1.96. The maximum atomic E-state index is 10.5.